The van der Waals surface area contributed by atoms with Gasteiger partial charge in [-0.3, -0.25) is 4.79 Å². The first-order chi connectivity index (χ1) is 9.65. The van der Waals surface area contributed by atoms with E-state index in [4.69, 9.17) is 0 Å². The van der Waals surface area contributed by atoms with Gasteiger partial charge in [0.25, 0.3) is 0 Å². The molecular weight excluding hydrogens is 323 g/mol. The number of rotatable bonds is 6. The highest BCUT2D eigenvalue weighted by Gasteiger charge is 2.15. The summed E-state index contributed by atoms with van der Waals surface area (Å²) in [6, 6.07) is 4.87. The molecule has 0 aliphatic carbocycles. The minimum atomic E-state index is -0.223. The zero-order chi connectivity index (χ0) is 14.4. The van der Waals surface area contributed by atoms with E-state index in [1.807, 2.05) is 0 Å². The van der Waals surface area contributed by atoms with Gasteiger partial charge in [0.2, 0.25) is 5.91 Å². The molecule has 1 fully saturated rings. The minimum absolute atomic E-state index is 0.0623. The Morgan fingerprint density at radius 2 is 2.35 bits per heavy atom. The molecule has 0 saturated carbocycles. The molecule has 0 bridgehead atoms. The lowest BCUT2D eigenvalue weighted by molar-refractivity contribution is -0.121. The molecular formula is C15H20BrFN2O. The number of carbonyl (C=O) groups excluding carboxylic acids is 1. The third-order valence-electron chi connectivity index (χ3n) is 3.67. The summed E-state index contributed by atoms with van der Waals surface area (Å²) in [7, 11) is 0. The average molecular weight is 343 g/mol. The van der Waals surface area contributed by atoms with Crippen LogP contribution < -0.4 is 10.6 Å². The van der Waals surface area contributed by atoms with Crippen molar-refractivity contribution in [2.24, 2.45) is 5.92 Å². The molecule has 1 aliphatic heterocycles. The number of halogens is 2. The van der Waals surface area contributed by atoms with Crippen LogP contribution in [0.2, 0.25) is 0 Å². The number of hydrogen-bond acceptors (Lipinski definition) is 2. The van der Waals surface area contributed by atoms with Crippen molar-refractivity contribution in [1.82, 2.24) is 10.6 Å². The Kier molecular flexibility index (Phi) is 5.98. The summed E-state index contributed by atoms with van der Waals surface area (Å²) in [5.41, 5.74) is 0.625. The van der Waals surface area contributed by atoms with Crippen molar-refractivity contribution in [3.8, 4) is 0 Å². The van der Waals surface area contributed by atoms with Crippen LogP contribution in [0.4, 0.5) is 4.39 Å². The van der Waals surface area contributed by atoms with Gasteiger partial charge in [0.05, 0.1) is 0 Å². The maximum atomic E-state index is 13.5. The van der Waals surface area contributed by atoms with Crippen molar-refractivity contribution < 1.29 is 9.18 Å². The Balaban J connectivity index is 1.66. The molecule has 1 amide bonds. The summed E-state index contributed by atoms with van der Waals surface area (Å²) >= 11 is 3.32. The van der Waals surface area contributed by atoms with Crippen LogP contribution in [0.5, 0.6) is 0 Å². The van der Waals surface area contributed by atoms with Crippen molar-refractivity contribution in [1.29, 1.82) is 0 Å². The van der Waals surface area contributed by atoms with Crippen molar-refractivity contribution in [3.05, 3.63) is 34.1 Å². The Morgan fingerprint density at radius 1 is 1.50 bits per heavy atom. The van der Waals surface area contributed by atoms with Gasteiger partial charge in [-0.05, 0) is 62.0 Å². The summed E-state index contributed by atoms with van der Waals surface area (Å²) in [6.07, 6.45) is 3.18. The first-order valence-electron chi connectivity index (χ1n) is 7.06. The van der Waals surface area contributed by atoms with Crippen LogP contribution in [-0.2, 0) is 11.2 Å². The maximum absolute atomic E-state index is 13.5. The van der Waals surface area contributed by atoms with E-state index < -0.39 is 0 Å². The average Bonchev–Trinajstić information content (AvgIpc) is 2.93. The number of nitrogens with one attached hydrogen (secondary N) is 2. The summed E-state index contributed by atoms with van der Waals surface area (Å²) < 4.78 is 14.4. The largest absolute Gasteiger partial charge is 0.356 e. The lowest BCUT2D eigenvalue weighted by Crippen LogP contribution is -2.26. The van der Waals surface area contributed by atoms with Gasteiger partial charge < -0.3 is 10.6 Å². The third-order valence-corrected chi connectivity index (χ3v) is 4.16. The highest BCUT2D eigenvalue weighted by atomic mass is 79.9. The molecule has 1 saturated heterocycles. The summed E-state index contributed by atoms with van der Waals surface area (Å²) in [5, 5.41) is 6.15. The van der Waals surface area contributed by atoms with Crippen molar-refractivity contribution in [2.45, 2.75) is 25.7 Å². The van der Waals surface area contributed by atoms with Gasteiger partial charge in [0, 0.05) is 17.4 Å². The van der Waals surface area contributed by atoms with E-state index in [1.165, 1.54) is 6.07 Å². The quantitative estimate of drug-likeness (QED) is 0.834. The second-order valence-corrected chi connectivity index (χ2v) is 6.15. The van der Waals surface area contributed by atoms with E-state index >= 15 is 0 Å². The van der Waals surface area contributed by atoms with E-state index in [9.17, 15) is 9.18 Å². The smallest absolute Gasteiger partial charge is 0.220 e. The first kappa shape index (κ1) is 15.4. The van der Waals surface area contributed by atoms with Crippen LogP contribution in [-0.4, -0.2) is 25.5 Å². The molecule has 0 spiro atoms. The molecule has 5 heteroatoms. The van der Waals surface area contributed by atoms with E-state index in [1.54, 1.807) is 12.1 Å². The molecule has 110 valence electrons. The molecule has 1 atom stereocenters. The van der Waals surface area contributed by atoms with Crippen LogP contribution in [0.15, 0.2) is 22.7 Å². The molecule has 2 rings (SSSR count). The van der Waals surface area contributed by atoms with Gasteiger partial charge in [-0.15, -0.1) is 0 Å². The summed E-state index contributed by atoms with van der Waals surface area (Å²) in [4.78, 5) is 11.7. The Bertz CT molecular complexity index is 461. The second-order valence-electron chi connectivity index (χ2n) is 5.23. The first-order valence-corrected chi connectivity index (χ1v) is 7.86. The third kappa shape index (κ3) is 4.87. The van der Waals surface area contributed by atoms with E-state index in [0.717, 1.165) is 30.4 Å². The Hall–Kier alpha value is -0.940. The molecule has 1 unspecified atom stereocenters. The summed E-state index contributed by atoms with van der Waals surface area (Å²) in [5.74, 6) is 0.468. The van der Waals surface area contributed by atoms with Crippen molar-refractivity contribution in [3.63, 3.8) is 0 Å². The highest BCUT2D eigenvalue weighted by Crippen LogP contribution is 2.16. The number of amides is 1. The van der Waals surface area contributed by atoms with Gasteiger partial charge in [-0.2, -0.15) is 0 Å². The highest BCUT2D eigenvalue weighted by molar-refractivity contribution is 9.10. The molecule has 0 radical (unpaired) electrons. The molecule has 1 aliphatic rings. The van der Waals surface area contributed by atoms with Crippen LogP contribution in [0.3, 0.4) is 0 Å². The van der Waals surface area contributed by atoms with Crippen LogP contribution in [0, 0.1) is 11.7 Å². The van der Waals surface area contributed by atoms with Crippen LogP contribution in [0.25, 0.3) is 0 Å². The zero-order valence-corrected chi connectivity index (χ0v) is 13.0. The number of benzene rings is 1. The Labute approximate surface area is 127 Å². The lowest BCUT2D eigenvalue weighted by atomic mass is 10.0. The normalized spacial score (nSPS) is 18.2. The fraction of sp³-hybridized carbons (Fsp3) is 0.533. The fourth-order valence-electron chi connectivity index (χ4n) is 2.46. The number of carbonyl (C=O) groups is 1. The predicted octanol–water partition coefficient (Wildman–Crippen LogP) is 2.64. The standard InChI is InChI=1S/C15H20BrFN2O/c16-13-2-3-14(17)12(9-13)6-8-19-15(20)4-1-11-5-7-18-10-11/h2-3,9,11,18H,1,4-8,10H2,(H,19,20). The van der Waals surface area contributed by atoms with E-state index in [0.29, 0.717) is 30.9 Å². The molecule has 1 aromatic carbocycles. The molecule has 20 heavy (non-hydrogen) atoms. The topological polar surface area (TPSA) is 41.1 Å². The number of hydrogen-bond donors (Lipinski definition) is 2. The van der Waals surface area contributed by atoms with Crippen molar-refractivity contribution in [2.75, 3.05) is 19.6 Å². The summed E-state index contributed by atoms with van der Waals surface area (Å²) in [6.45, 7) is 2.57. The molecule has 1 aromatic rings. The van der Waals surface area contributed by atoms with Gasteiger partial charge in [0.15, 0.2) is 0 Å². The monoisotopic (exact) mass is 342 g/mol. The Morgan fingerprint density at radius 3 is 3.10 bits per heavy atom. The maximum Gasteiger partial charge on any atom is 0.220 e. The van der Waals surface area contributed by atoms with E-state index in [-0.39, 0.29) is 11.7 Å². The van der Waals surface area contributed by atoms with Crippen LogP contribution >= 0.6 is 15.9 Å². The van der Waals surface area contributed by atoms with Gasteiger partial charge in [-0.25, -0.2) is 4.39 Å². The van der Waals surface area contributed by atoms with Gasteiger partial charge in [-0.1, -0.05) is 15.9 Å². The minimum Gasteiger partial charge on any atom is -0.356 e. The van der Waals surface area contributed by atoms with Crippen LogP contribution in [0.1, 0.15) is 24.8 Å². The molecule has 1 heterocycles. The molecule has 3 nitrogen and oxygen atoms in total. The molecule has 0 aromatic heterocycles. The van der Waals surface area contributed by atoms with E-state index in [2.05, 4.69) is 26.6 Å². The van der Waals surface area contributed by atoms with Gasteiger partial charge in [0.1, 0.15) is 5.82 Å². The fourth-order valence-corrected chi connectivity index (χ4v) is 2.86. The predicted molar refractivity (Wildman–Crippen MR) is 81.0 cm³/mol. The van der Waals surface area contributed by atoms with Gasteiger partial charge >= 0.3 is 0 Å². The second kappa shape index (κ2) is 7.74. The zero-order valence-electron chi connectivity index (χ0n) is 11.4. The molecule has 2 N–H and O–H groups in total. The van der Waals surface area contributed by atoms with Crippen molar-refractivity contribution >= 4 is 21.8 Å². The lowest BCUT2D eigenvalue weighted by Gasteiger charge is -2.09. The SMILES string of the molecule is O=C(CCC1CCNC1)NCCc1cc(Br)ccc1F.